The molecule has 0 bridgehead atoms. The maximum atomic E-state index is 12.2. The first-order chi connectivity index (χ1) is 11.0. The van der Waals surface area contributed by atoms with Crippen LogP contribution in [0.15, 0.2) is 54.6 Å². The molecule has 0 radical (unpaired) electrons. The van der Waals surface area contributed by atoms with E-state index >= 15 is 0 Å². The lowest BCUT2D eigenvalue weighted by molar-refractivity contribution is -0.385. The molecule has 0 aromatic heterocycles. The van der Waals surface area contributed by atoms with Crippen LogP contribution in [0.3, 0.4) is 0 Å². The van der Waals surface area contributed by atoms with Gasteiger partial charge in [0.1, 0.15) is 11.6 Å². The molecule has 0 saturated carbocycles. The Hall–Kier alpha value is -3.22. The molecule has 118 valence electrons. The van der Waals surface area contributed by atoms with Gasteiger partial charge in [-0.2, -0.15) is 0 Å². The molecule has 0 fully saturated rings. The van der Waals surface area contributed by atoms with E-state index in [1.807, 2.05) is 0 Å². The molecule has 7 heteroatoms. The van der Waals surface area contributed by atoms with Crippen LogP contribution in [0.1, 0.15) is 15.9 Å². The molecular formula is C16H14N2O5. The van der Waals surface area contributed by atoms with Crippen LogP contribution in [-0.2, 0) is 11.2 Å². The van der Waals surface area contributed by atoms with Gasteiger partial charge in [0.15, 0.2) is 0 Å². The molecule has 0 saturated heterocycles. The number of benzene rings is 2. The van der Waals surface area contributed by atoms with E-state index in [-0.39, 0.29) is 17.7 Å². The van der Waals surface area contributed by atoms with Gasteiger partial charge in [0.25, 0.3) is 11.6 Å². The van der Waals surface area contributed by atoms with Gasteiger partial charge in [-0.05, 0) is 11.6 Å². The van der Waals surface area contributed by atoms with E-state index in [4.69, 9.17) is 0 Å². The van der Waals surface area contributed by atoms with Crippen molar-refractivity contribution in [1.82, 2.24) is 5.32 Å². The maximum Gasteiger partial charge on any atom is 0.326 e. The number of hydrogen-bond acceptors (Lipinski definition) is 4. The summed E-state index contributed by atoms with van der Waals surface area (Å²) >= 11 is 0. The van der Waals surface area contributed by atoms with Crippen LogP contribution in [0.5, 0.6) is 0 Å². The molecule has 23 heavy (non-hydrogen) atoms. The fourth-order valence-electron chi connectivity index (χ4n) is 2.11. The van der Waals surface area contributed by atoms with Crippen molar-refractivity contribution in [3.63, 3.8) is 0 Å². The first-order valence-corrected chi connectivity index (χ1v) is 6.80. The topological polar surface area (TPSA) is 110 Å². The number of carbonyl (C=O) groups is 2. The number of carbonyl (C=O) groups excluding carboxylic acids is 1. The molecule has 2 aromatic carbocycles. The number of para-hydroxylation sites is 1. The quantitative estimate of drug-likeness (QED) is 0.626. The average Bonchev–Trinajstić information content (AvgIpc) is 2.55. The Bertz CT molecular complexity index is 730. The number of nitro groups is 1. The summed E-state index contributed by atoms with van der Waals surface area (Å²) in [5.41, 5.74) is 0.202. The molecule has 1 atom stereocenters. The first-order valence-electron chi connectivity index (χ1n) is 6.80. The van der Waals surface area contributed by atoms with Crippen LogP contribution in [0.4, 0.5) is 5.69 Å². The molecule has 0 aliphatic heterocycles. The predicted molar refractivity (Wildman–Crippen MR) is 82.1 cm³/mol. The van der Waals surface area contributed by atoms with Crippen molar-refractivity contribution < 1.29 is 19.6 Å². The number of nitrogens with one attached hydrogen (secondary N) is 1. The zero-order valence-electron chi connectivity index (χ0n) is 12.0. The number of carboxylic acid groups (broad SMARTS) is 1. The van der Waals surface area contributed by atoms with Crippen LogP contribution in [0.25, 0.3) is 0 Å². The summed E-state index contributed by atoms with van der Waals surface area (Å²) < 4.78 is 0. The normalized spacial score (nSPS) is 11.5. The van der Waals surface area contributed by atoms with Crippen LogP contribution >= 0.6 is 0 Å². The summed E-state index contributed by atoms with van der Waals surface area (Å²) in [6.07, 6.45) is 0.0859. The second kappa shape index (κ2) is 7.17. The van der Waals surface area contributed by atoms with Crippen LogP contribution in [0.2, 0.25) is 0 Å². The SMILES string of the molecule is O=C(N[C@@H](Cc1ccccc1)C(=O)O)c1ccccc1[N+](=O)[O-]. The summed E-state index contributed by atoms with van der Waals surface area (Å²) in [5, 5.41) is 22.5. The van der Waals surface area contributed by atoms with E-state index in [1.54, 1.807) is 30.3 Å². The lowest BCUT2D eigenvalue weighted by atomic mass is 10.1. The molecule has 2 N–H and O–H groups in total. The number of nitrogens with zero attached hydrogens (tertiary/aromatic N) is 1. The van der Waals surface area contributed by atoms with Gasteiger partial charge in [0, 0.05) is 12.5 Å². The monoisotopic (exact) mass is 314 g/mol. The summed E-state index contributed by atoms with van der Waals surface area (Å²) in [5.74, 6) is -2.00. The molecule has 2 rings (SSSR count). The molecule has 0 aliphatic rings. The van der Waals surface area contributed by atoms with E-state index in [0.717, 1.165) is 5.56 Å². The first kappa shape index (κ1) is 16.2. The fraction of sp³-hybridized carbons (Fsp3) is 0.125. The molecule has 1 amide bonds. The standard InChI is InChI=1S/C16H14N2O5/c19-15(12-8-4-5-9-14(12)18(22)23)17-13(16(20)21)10-11-6-2-1-3-7-11/h1-9,13H,10H2,(H,17,19)(H,20,21)/t13-/m0/s1. The number of aliphatic carboxylic acids is 1. The van der Waals surface area contributed by atoms with Crippen molar-refractivity contribution in [1.29, 1.82) is 0 Å². The Morgan fingerprint density at radius 2 is 1.70 bits per heavy atom. The third kappa shape index (κ3) is 4.13. The molecule has 7 nitrogen and oxygen atoms in total. The lowest BCUT2D eigenvalue weighted by Crippen LogP contribution is -2.42. The minimum Gasteiger partial charge on any atom is -0.480 e. The highest BCUT2D eigenvalue weighted by atomic mass is 16.6. The number of amides is 1. The van der Waals surface area contributed by atoms with Gasteiger partial charge >= 0.3 is 5.97 Å². The van der Waals surface area contributed by atoms with E-state index in [2.05, 4.69) is 5.32 Å². The number of carboxylic acids is 1. The Morgan fingerprint density at radius 1 is 1.09 bits per heavy atom. The minimum atomic E-state index is -1.21. The molecule has 0 unspecified atom stereocenters. The van der Waals surface area contributed by atoms with Crippen molar-refractivity contribution in [3.8, 4) is 0 Å². The van der Waals surface area contributed by atoms with Crippen LogP contribution in [0, 0.1) is 10.1 Å². The predicted octanol–water partition coefficient (Wildman–Crippen LogP) is 2.02. The molecule has 0 heterocycles. The molecule has 0 aliphatic carbocycles. The summed E-state index contributed by atoms with van der Waals surface area (Å²) in [6.45, 7) is 0. The average molecular weight is 314 g/mol. The Kier molecular flexibility index (Phi) is 5.03. The summed E-state index contributed by atoms with van der Waals surface area (Å²) in [4.78, 5) is 33.8. The molecule has 0 spiro atoms. The fourth-order valence-corrected chi connectivity index (χ4v) is 2.11. The van der Waals surface area contributed by atoms with Gasteiger partial charge in [-0.15, -0.1) is 0 Å². The second-order valence-electron chi connectivity index (χ2n) is 4.83. The third-order valence-electron chi connectivity index (χ3n) is 3.23. The van der Waals surface area contributed by atoms with Crippen molar-refractivity contribution >= 4 is 17.6 Å². The highest BCUT2D eigenvalue weighted by Gasteiger charge is 2.25. The summed E-state index contributed by atoms with van der Waals surface area (Å²) in [7, 11) is 0. The van der Waals surface area contributed by atoms with E-state index in [9.17, 15) is 24.8 Å². The smallest absolute Gasteiger partial charge is 0.326 e. The zero-order valence-corrected chi connectivity index (χ0v) is 12.0. The van der Waals surface area contributed by atoms with Crippen molar-refractivity contribution in [2.75, 3.05) is 0 Å². The highest BCUT2D eigenvalue weighted by Crippen LogP contribution is 2.17. The van der Waals surface area contributed by atoms with Gasteiger partial charge in [-0.3, -0.25) is 14.9 Å². The highest BCUT2D eigenvalue weighted by molar-refractivity contribution is 6.00. The Morgan fingerprint density at radius 3 is 2.30 bits per heavy atom. The Balaban J connectivity index is 2.19. The van der Waals surface area contributed by atoms with E-state index in [1.165, 1.54) is 24.3 Å². The third-order valence-corrected chi connectivity index (χ3v) is 3.23. The number of rotatable bonds is 6. The van der Waals surface area contributed by atoms with Gasteiger partial charge < -0.3 is 10.4 Å². The molecule has 2 aromatic rings. The number of hydrogen-bond donors (Lipinski definition) is 2. The Labute approximate surface area is 131 Å². The largest absolute Gasteiger partial charge is 0.480 e. The summed E-state index contributed by atoms with van der Waals surface area (Å²) in [6, 6.07) is 13.0. The van der Waals surface area contributed by atoms with Gasteiger partial charge in [0.2, 0.25) is 0 Å². The zero-order chi connectivity index (χ0) is 16.8. The van der Waals surface area contributed by atoms with Gasteiger partial charge in [-0.25, -0.2) is 4.79 Å². The van der Waals surface area contributed by atoms with Crippen molar-refractivity contribution in [2.24, 2.45) is 0 Å². The van der Waals surface area contributed by atoms with Crippen molar-refractivity contribution in [2.45, 2.75) is 12.5 Å². The number of nitro benzene ring substituents is 1. The van der Waals surface area contributed by atoms with E-state index < -0.39 is 22.8 Å². The molecular weight excluding hydrogens is 300 g/mol. The second-order valence-corrected chi connectivity index (χ2v) is 4.83. The van der Waals surface area contributed by atoms with Crippen LogP contribution < -0.4 is 5.32 Å². The van der Waals surface area contributed by atoms with Gasteiger partial charge in [-0.1, -0.05) is 42.5 Å². The lowest BCUT2D eigenvalue weighted by Gasteiger charge is -2.14. The maximum absolute atomic E-state index is 12.2. The van der Waals surface area contributed by atoms with Crippen molar-refractivity contribution in [3.05, 3.63) is 75.8 Å². The minimum absolute atomic E-state index is 0.0859. The van der Waals surface area contributed by atoms with E-state index in [0.29, 0.717) is 0 Å². The van der Waals surface area contributed by atoms with Gasteiger partial charge in [0.05, 0.1) is 4.92 Å². The van der Waals surface area contributed by atoms with Crippen LogP contribution in [-0.4, -0.2) is 27.9 Å².